The minimum absolute atomic E-state index is 0.0574. The van der Waals surface area contributed by atoms with E-state index in [9.17, 15) is 4.79 Å². The maximum Gasteiger partial charge on any atom is 0.320 e. The molecule has 1 aromatic rings. The molecule has 1 aromatic carbocycles. The molecule has 1 saturated heterocycles. The summed E-state index contributed by atoms with van der Waals surface area (Å²) in [5, 5.41) is 0. The Kier molecular flexibility index (Phi) is 3.28. The Balaban J connectivity index is 2.29. The van der Waals surface area contributed by atoms with Gasteiger partial charge in [-0.1, -0.05) is 6.07 Å². The molecule has 17 heavy (non-hydrogen) atoms. The van der Waals surface area contributed by atoms with Gasteiger partial charge in [-0.15, -0.1) is 0 Å². The van der Waals surface area contributed by atoms with Crippen LogP contribution < -0.4 is 4.74 Å². The Labute approximate surface area is 109 Å². The second-order valence-electron chi connectivity index (χ2n) is 4.18. The van der Waals surface area contributed by atoms with Gasteiger partial charge in [-0.05, 0) is 33.6 Å². The maximum atomic E-state index is 11.7. The number of carbonyl (C=O) groups is 1. The van der Waals surface area contributed by atoms with Crippen LogP contribution in [0.2, 0.25) is 0 Å². The van der Waals surface area contributed by atoms with E-state index < -0.39 is 0 Å². The molecule has 0 aliphatic carbocycles. The summed E-state index contributed by atoms with van der Waals surface area (Å²) in [6, 6.07) is 6.08. The van der Waals surface area contributed by atoms with Gasteiger partial charge in [-0.25, -0.2) is 4.79 Å². The van der Waals surface area contributed by atoms with E-state index in [0.29, 0.717) is 6.54 Å². The van der Waals surface area contributed by atoms with E-state index in [1.165, 1.54) is 0 Å². The fraction of sp³-hybridized carbons (Fsp3) is 0.417. The number of halogens is 1. The number of likely N-dealkylation sites (N-methyl/N-ethyl adjacent to an activating group) is 2. The molecule has 0 radical (unpaired) electrons. The zero-order valence-corrected chi connectivity index (χ0v) is 11.7. The summed E-state index contributed by atoms with van der Waals surface area (Å²) < 4.78 is 6.10. The molecule has 1 heterocycles. The summed E-state index contributed by atoms with van der Waals surface area (Å²) in [7, 11) is 5.28. The van der Waals surface area contributed by atoms with Gasteiger partial charge in [-0.2, -0.15) is 0 Å². The van der Waals surface area contributed by atoms with Crippen molar-refractivity contribution >= 4 is 22.0 Å². The zero-order chi connectivity index (χ0) is 12.6. The van der Waals surface area contributed by atoms with Gasteiger partial charge in [0.2, 0.25) is 0 Å². The number of amides is 2. The minimum atomic E-state index is 0.0574. The third-order valence-corrected chi connectivity index (χ3v) is 3.72. The lowest BCUT2D eigenvalue weighted by molar-refractivity contribution is 0.201. The zero-order valence-electron chi connectivity index (χ0n) is 10.1. The van der Waals surface area contributed by atoms with Crippen molar-refractivity contribution in [2.45, 2.75) is 6.04 Å². The Morgan fingerprint density at radius 2 is 2.12 bits per heavy atom. The van der Waals surface area contributed by atoms with Gasteiger partial charge < -0.3 is 14.5 Å². The highest BCUT2D eigenvalue weighted by Gasteiger charge is 2.33. The average molecular weight is 299 g/mol. The predicted molar refractivity (Wildman–Crippen MR) is 69.2 cm³/mol. The first-order valence-electron chi connectivity index (χ1n) is 5.36. The predicted octanol–water partition coefficient (Wildman–Crippen LogP) is 2.50. The molecule has 2 amide bonds. The van der Waals surface area contributed by atoms with Crippen LogP contribution >= 0.6 is 15.9 Å². The van der Waals surface area contributed by atoms with Crippen molar-refractivity contribution in [3.05, 3.63) is 28.2 Å². The number of urea groups is 1. The highest BCUT2D eigenvalue weighted by molar-refractivity contribution is 9.10. The summed E-state index contributed by atoms with van der Waals surface area (Å²) in [5.41, 5.74) is 1.11. The average Bonchev–Trinajstić information content (AvgIpc) is 2.57. The molecule has 5 heteroatoms. The fourth-order valence-corrected chi connectivity index (χ4v) is 2.64. The van der Waals surface area contributed by atoms with Gasteiger partial charge in [0.1, 0.15) is 5.75 Å². The van der Waals surface area contributed by atoms with E-state index in [-0.39, 0.29) is 12.1 Å². The van der Waals surface area contributed by atoms with Crippen LogP contribution in [-0.2, 0) is 0 Å². The van der Waals surface area contributed by atoms with Crippen LogP contribution in [0.15, 0.2) is 22.7 Å². The molecule has 0 spiro atoms. The standard InChI is InChI=1S/C12H15BrN2O2/c1-14-7-10(15(2)12(14)16)8-4-5-11(17-3)9(13)6-8/h4-6,10H,7H2,1-3H3. The third-order valence-electron chi connectivity index (χ3n) is 3.10. The molecule has 4 nitrogen and oxygen atoms in total. The van der Waals surface area contributed by atoms with Gasteiger partial charge in [0.05, 0.1) is 17.6 Å². The molecule has 1 unspecified atom stereocenters. The minimum Gasteiger partial charge on any atom is -0.496 e. The van der Waals surface area contributed by atoms with Gasteiger partial charge in [0, 0.05) is 20.6 Å². The van der Waals surface area contributed by atoms with Gasteiger partial charge in [0.15, 0.2) is 0 Å². The van der Waals surface area contributed by atoms with Crippen molar-refractivity contribution in [1.82, 2.24) is 9.80 Å². The number of benzene rings is 1. The summed E-state index contributed by atoms with van der Waals surface area (Å²) >= 11 is 3.46. The van der Waals surface area contributed by atoms with Gasteiger partial charge >= 0.3 is 6.03 Å². The molecule has 0 aromatic heterocycles. The van der Waals surface area contributed by atoms with Crippen LogP contribution in [0.3, 0.4) is 0 Å². The van der Waals surface area contributed by atoms with E-state index >= 15 is 0 Å². The van der Waals surface area contributed by atoms with Crippen molar-refractivity contribution in [3.63, 3.8) is 0 Å². The summed E-state index contributed by atoms with van der Waals surface area (Å²) in [5.74, 6) is 0.800. The number of nitrogens with zero attached hydrogens (tertiary/aromatic N) is 2. The van der Waals surface area contributed by atoms with Crippen LogP contribution in [0.5, 0.6) is 5.75 Å². The fourth-order valence-electron chi connectivity index (χ4n) is 2.08. The number of ether oxygens (including phenoxy) is 1. The Bertz CT molecular complexity index is 450. The van der Waals surface area contributed by atoms with Crippen molar-refractivity contribution in [3.8, 4) is 5.75 Å². The van der Waals surface area contributed by atoms with Crippen molar-refractivity contribution in [1.29, 1.82) is 0 Å². The molecule has 1 aliphatic rings. The second-order valence-corrected chi connectivity index (χ2v) is 5.04. The van der Waals surface area contributed by atoms with Crippen LogP contribution in [-0.4, -0.2) is 43.6 Å². The molecule has 1 atom stereocenters. The monoisotopic (exact) mass is 298 g/mol. The first-order chi connectivity index (χ1) is 8.04. The molecule has 1 aliphatic heterocycles. The van der Waals surface area contributed by atoms with Crippen LogP contribution in [0.25, 0.3) is 0 Å². The summed E-state index contributed by atoms with van der Waals surface area (Å²) in [4.78, 5) is 15.2. The van der Waals surface area contributed by atoms with Gasteiger partial charge in [-0.3, -0.25) is 0 Å². The Hall–Kier alpha value is -1.23. The highest BCUT2D eigenvalue weighted by atomic mass is 79.9. The number of hydrogen-bond donors (Lipinski definition) is 0. The van der Waals surface area contributed by atoms with E-state index in [4.69, 9.17) is 4.74 Å². The van der Waals surface area contributed by atoms with Crippen molar-refractivity contribution < 1.29 is 9.53 Å². The molecule has 0 bridgehead atoms. The van der Waals surface area contributed by atoms with E-state index in [1.54, 1.807) is 16.9 Å². The summed E-state index contributed by atoms with van der Waals surface area (Å²) in [6.45, 7) is 0.716. The van der Waals surface area contributed by atoms with E-state index in [2.05, 4.69) is 15.9 Å². The first-order valence-corrected chi connectivity index (χ1v) is 6.15. The molecular weight excluding hydrogens is 284 g/mol. The van der Waals surface area contributed by atoms with Crippen LogP contribution in [0.1, 0.15) is 11.6 Å². The quantitative estimate of drug-likeness (QED) is 0.840. The molecule has 2 rings (SSSR count). The number of rotatable bonds is 2. The van der Waals surface area contributed by atoms with Crippen molar-refractivity contribution in [2.24, 2.45) is 0 Å². The molecular formula is C12H15BrN2O2. The number of carbonyl (C=O) groups excluding carboxylic acids is 1. The Morgan fingerprint density at radius 1 is 1.41 bits per heavy atom. The summed E-state index contributed by atoms with van der Waals surface area (Å²) in [6.07, 6.45) is 0. The molecule has 92 valence electrons. The van der Waals surface area contributed by atoms with E-state index in [1.807, 2.05) is 32.3 Å². The smallest absolute Gasteiger partial charge is 0.320 e. The van der Waals surface area contributed by atoms with E-state index in [0.717, 1.165) is 15.8 Å². The SMILES string of the molecule is COc1ccc(C2CN(C)C(=O)N2C)cc1Br. The highest BCUT2D eigenvalue weighted by Crippen LogP contribution is 2.32. The number of methoxy groups -OCH3 is 1. The lowest BCUT2D eigenvalue weighted by atomic mass is 10.1. The second kappa shape index (κ2) is 4.56. The van der Waals surface area contributed by atoms with Crippen molar-refractivity contribution in [2.75, 3.05) is 27.7 Å². The normalized spacial score (nSPS) is 20.0. The molecule has 1 fully saturated rings. The maximum absolute atomic E-state index is 11.7. The molecule has 0 saturated carbocycles. The number of hydrogen-bond acceptors (Lipinski definition) is 2. The van der Waals surface area contributed by atoms with Crippen LogP contribution in [0.4, 0.5) is 4.79 Å². The van der Waals surface area contributed by atoms with Crippen LogP contribution in [0, 0.1) is 0 Å². The first kappa shape index (κ1) is 12.2. The van der Waals surface area contributed by atoms with Gasteiger partial charge in [0.25, 0.3) is 0 Å². The lowest BCUT2D eigenvalue weighted by Crippen LogP contribution is -2.26. The lowest BCUT2D eigenvalue weighted by Gasteiger charge is -2.18. The molecule has 0 N–H and O–H groups in total. The largest absolute Gasteiger partial charge is 0.496 e. The topological polar surface area (TPSA) is 32.8 Å². The Morgan fingerprint density at radius 3 is 2.59 bits per heavy atom. The third kappa shape index (κ3) is 2.11.